The molecule has 0 fully saturated rings. The third kappa shape index (κ3) is 8.55. The molecule has 218 valence electrons. The molecule has 0 unspecified atom stereocenters. The number of hydrogen-bond donors (Lipinski definition) is 0. The Kier molecular flexibility index (Phi) is 13.5. The van der Waals surface area contributed by atoms with E-state index < -0.39 is 28.6 Å². The molecular formula is C31H46O6Si3. The van der Waals surface area contributed by atoms with E-state index in [1.165, 1.54) is 53.0 Å². The predicted molar refractivity (Wildman–Crippen MR) is 175 cm³/mol. The van der Waals surface area contributed by atoms with Crippen LogP contribution in [-0.4, -0.2) is 71.2 Å². The Morgan fingerprint density at radius 3 is 1.00 bits per heavy atom. The minimum atomic E-state index is -0.466. The maximum Gasteiger partial charge on any atom is 0.160 e. The highest BCUT2D eigenvalue weighted by atomic mass is 28.2. The molecule has 0 aliphatic rings. The lowest BCUT2D eigenvalue weighted by Crippen LogP contribution is -2.21. The zero-order chi connectivity index (χ0) is 28.7. The van der Waals surface area contributed by atoms with Gasteiger partial charge in [-0.15, -0.1) is 0 Å². The second-order valence-corrected chi connectivity index (χ2v) is 15.9. The lowest BCUT2D eigenvalue weighted by molar-refractivity contribution is 0.357. The largest absolute Gasteiger partial charge is 0.493 e. The Bertz CT molecular complexity index is 1040. The summed E-state index contributed by atoms with van der Waals surface area (Å²) in [6.45, 7) is 0. The van der Waals surface area contributed by atoms with Crippen molar-refractivity contribution in [2.45, 2.75) is 37.4 Å². The van der Waals surface area contributed by atoms with Crippen LogP contribution in [0.1, 0.15) is 19.3 Å². The summed E-state index contributed by atoms with van der Waals surface area (Å²) in [4.78, 5) is 0. The van der Waals surface area contributed by atoms with Crippen molar-refractivity contribution in [3.8, 4) is 34.5 Å². The molecule has 0 aliphatic heterocycles. The summed E-state index contributed by atoms with van der Waals surface area (Å²) in [6, 6.07) is 22.6. The molecule has 0 amide bonds. The maximum atomic E-state index is 5.71. The van der Waals surface area contributed by atoms with Crippen molar-refractivity contribution < 1.29 is 28.4 Å². The molecule has 3 rings (SSSR count). The normalized spacial score (nSPS) is 12.4. The predicted octanol–water partition coefficient (Wildman–Crippen LogP) is 2.56. The molecule has 40 heavy (non-hydrogen) atoms. The van der Waals surface area contributed by atoms with Crippen LogP contribution in [0.2, 0.25) is 18.1 Å². The van der Waals surface area contributed by atoms with E-state index >= 15 is 0 Å². The van der Waals surface area contributed by atoms with Crippen LogP contribution in [0.3, 0.4) is 0 Å². The third-order valence-corrected chi connectivity index (χ3v) is 13.2. The van der Waals surface area contributed by atoms with Gasteiger partial charge in [-0.05, 0) is 39.7 Å². The van der Waals surface area contributed by atoms with E-state index in [0.29, 0.717) is 0 Å². The van der Waals surface area contributed by atoms with Crippen LogP contribution in [-0.2, 0) is 0 Å². The van der Waals surface area contributed by atoms with Crippen LogP contribution >= 0.6 is 0 Å². The fourth-order valence-corrected chi connectivity index (χ4v) is 11.7. The van der Waals surface area contributed by atoms with Crippen molar-refractivity contribution in [2.24, 2.45) is 5.92 Å². The van der Waals surface area contributed by atoms with E-state index in [-0.39, 0.29) is 0 Å². The zero-order valence-corrected chi connectivity index (χ0v) is 29.3. The van der Waals surface area contributed by atoms with Crippen molar-refractivity contribution in [3.05, 3.63) is 54.6 Å². The number of ether oxygens (including phenoxy) is 6. The minimum Gasteiger partial charge on any atom is -0.493 e. The molecule has 3 aromatic rings. The number of benzene rings is 3. The van der Waals surface area contributed by atoms with Crippen molar-refractivity contribution in [2.75, 3.05) is 42.7 Å². The van der Waals surface area contributed by atoms with Gasteiger partial charge in [0.1, 0.15) is 0 Å². The van der Waals surface area contributed by atoms with Crippen LogP contribution in [0.5, 0.6) is 34.5 Å². The van der Waals surface area contributed by atoms with Gasteiger partial charge in [-0.25, -0.2) is 0 Å². The SMILES string of the molecule is COc1cccc([SiH2]CCC(CC[SiH2]c2cccc(OC)c2OC)CC[SiH2]c2cccc(OC)c2OC)c1OC. The maximum absolute atomic E-state index is 5.71. The van der Waals surface area contributed by atoms with Crippen LogP contribution in [0.25, 0.3) is 0 Å². The van der Waals surface area contributed by atoms with Gasteiger partial charge in [-0.3, -0.25) is 0 Å². The highest BCUT2D eigenvalue weighted by Crippen LogP contribution is 2.27. The average Bonchev–Trinajstić information content (AvgIpc) is 2.99. The molecule has 0 atom stereocenters. The molecule has 0 spiro atoms. The fraction of sp³-hybridized carbons (Fsp3) is 0.419. The number of methoxy groups -OCH3 is 6. The Morgan fingerprint density at radius 1 is 0.450 bits per heavy atom. The van der Waals surface area contributed by atoms with Gasteiger partial charge in [0.05, 0.1) is 71.2 Å². The molecule has 0 aromatic heterocycles. The molecule has 0 heterocycles. The highest BCUT2D eigenvalue weighted by molar-refractivity contribution is 6.55. The Morgan fingerprint density at radius 2 is 0.750 bits per heavy atom. The standard InChI is InChI=1S/C31H46O6Si3/c1-32-23-10-7-13-26(29(23)35-4)38-19-16-22(17-20-39-27-14-8-11-24(33-2)30(27)36-5)18-21-40-28-15-9-12-25(34-3)31(28)37-6/h7-15,22H,16-21,38-40H2,1-6H3. The van der Waals surface area contributed by atoms with Gasteiger partial charge in [0.2, 0.25) is 0 Å². The summed E-state index contributed by atoms with van der Waals surface area (Å²) in [5.74, 6) is 5.98. The quantitative estimate of drug-likeness (QED) is 0.210. The van der Waals surface area contributed by atoms with E-state index in [4.69, 9.17) is 28.4 Å². The monoisotopic (exact) mass is 598 g/mol. The summed E-state index contributed by atoms with van der Waals surface area (Å²) in [5.41, 5.74) is 0. The van der Waals surface area contributed by atoms with E-state index in [2.05, 4.69) is 36.4 Å². The number of rotatable bonds is 18. The Hall–Kier alpha value is -2.89. The highest BCUT2D eigenvalue weighted by Gasteiger charge is 2.16. The summed E-state index contributed by atoms with van der Waals surface area (Å²) < 4.78 is 33.7. The minimum absolute atomic E-state index is 0.466. The third-order valence-electron chi connectivity index (χ3n) is 7.63. The van der Waals surface area contributed by atoms with Crippen molar-refractivity contribution in [1.29, 1.82) is 0 Å². The van der Waals surface area contributed by atoms with Crippen LogP contribution < -0.4 is 44.0 Å². The van der Waals surface area contributed by atoms with Crippen LogP contribution in [0.15, 0.2) is 54.6 Å². The Balaban J connectivity index is 1.65. The molecule has 6 nitrogen and oxygen atoms in total. The first-order valence-corrected chi connectivity index (χ1v) is 19.3. The second-order valence-electron chi connectivity index (χ2n) is 10.0. The van der Waals surface area contributed by atoms with Gasteiger partial charge in [-0.1, -0.05) is 73.8 Å². The van der Waals surface area contributed by atoms with Gasteiger partial charge in [0, 0.05) is 0 Å². The summed E-state index contributed by atoms with van der Waals surface area (Å²) in [7, 11) is 8.96. The summed E-state index contributed by atoms with van der Waals surface area (Å²) in [5, 5.41) is 4.06. The van der Waals surface area contributed by atoms with E-state index in [0.717, 1.165) is 40.4 Å². The zero-order valence-electron chi connectivity index (χ0n) is 25.1. The van der Waals surface area contributed by atoms with E-state index in [1.807, 2.05) is 18.2 Å². The summed E-state index contributed by atoms with van der Waals surface area (Å²) >= 11 is 0. The second kappa shape index (κ2) is 17.0. The number of para-hydroxylation sites is 3. The average molecular weight is 599 g/mol. The van der Waals surface area contributed by atoms with Crippen molar-refractivity contribution >= 4 is 44.1 Å². The van der Waals surface area contributed by atoms with Gasteiger partial charge < -0.3 is 28.4 Å². The van der Waals surface area contributed by atoms with Crippen molar-refractivity contribution in [3.63, 3.8) is 0 Å². The molecule has 0 saturated heterocycles. The van der Waals surface area contributed by atoms with Crippen LogP contribution in [0, 0.1) is 5.92 Å². The van der Waals surface area contributed by atoms with Gasteiger partial charge in [0.15, 0.2) is 34.5 Å². The molecule has 0 aliphatic carbocycles. The lowest BCUT2D eigenvalue weighted by atomic mass is 10.0. The van der Waals surface area contributed by atoms with Gasteiger partial charge >= 0.3 is 0 Å². The molecule has 0 radical (unpaired) electrons. The molecular weight excluding hydrogens is 553 g/mol. The summed E-state index contributed by atoms with van der Waals surface area (Å²) in [6.07, 6.45) is 3.79. The number of hydrogen-bond acceptors (Lipinski definition) is 6. The lowest BCUT2D eigenvalue weighted by Gasteiger charge is -2.19. The Labute approximate surface area is 247 Å². The molecule has 9 heteroatoms. The van der Waals surface area contributed by atoms with Gasteiger partial charge in [0.25, 0.3) is 0 Å². The molecule has 0 saturated carbocycles. The van der Waals surface area contributed by atoms with E-state index in [1.54, 1.807) is 42.7 Å². The first kappa shape index (κ1) is 31.6. The molecule has 3 aromatic carbocycles. The molecule has 0 N–H and O–H groups in total. The first-order chi connectivity index (χ1) is 19.6. The van der Waals surface area contributed by atoms with Gasteiger partial charge in [-0.2, -0.15) is 0 Å². The smallest absolute Gasteiger partial charge is 0.160 e. The van der Waals surface area contributed by atoms with Crippen LogP contribution in [0.4, 0.5) is 0 Å². The fourth-order valence-electron chi connectivity index (χ4n) is 5.63. The van der Waals surface area contributed by atoms with E-state index in [9.17, 15) is 0 Å². The van der Waals surface area contributed by atoms with Crippen molar-refractivity contribution in [1.82, 2.24) is 0 Å². The molecule has 0 bridgehead atoms. The topological polar surface area (TPSA) is 55.4 Å². The first-order valence-electron chi connectivity index (χ1n) is 14.2.